The van der Waals surface area contributed by atoms with Crippen LogP contribution in [0.4, 0.5) is 0 Å². The molecule has 0 aliphatic heterocycles. The first-order valence-corrected chi connectivity index (χ1v) is 5.87. The lowest BCUT2D eigenvalue weighted by molar-refractivity contribution is 0.0525. The summed E-state index contributed by atoms with van der Waals surface area (Å²) >= 11 is 2.04. The van der Waals surface area contributed by atoms with Gasteiger partial charge in [-0.2, -0.15) is 5.10 Å². The Balaban J connectivity index is 3.02. The summed E-state index contributed by atoms with van der Waals surface area (Å²) in [7, 11) is 0. The van der Waals surface area contributed by atoms with E-state index in [4.69, 9.17) is 4.74 Å². The second kappa shape index (κ2) is 4.51. The molecule has 0 bridgehead atoms. The van der Waals surface area contributed by atoms with Gasteiger partial charge in [-0.05, 0) is 50.3 Å². The van der Waals surface area contributed by atoms with Crippen molar-refractivity contribution in [3.05, 3.63) is 15.5 Å². The summed E-state index contributed by atoms with van der Waals surface area (Å²) in [6.45, 7) is 8.27. The van der Waals surface area contributed by atoms with E-state index < -0.39 is 0 Å². The molecule has 0 radical (unpaired) electrons. The average molecular weight is 322 g/mol. The van der Waals surface area contributed by atoms with Gasteiger partial charge in [0.25, 0.3) is 0 Å². The summed E-state index contributed by atoms with van der Waals surface area (Å²) in [5.74, 6) is -0.308. The molecule has 0 saturated heterocycles. The highest BCUT2D eigenvalue weighted by molar-refractivity contribution is 14.1. The van der Waals surface area contributed by atoms with Crippen LogP contribution in [0, 0.1) is 3.70 Å². The topological polar surface area (TPSA) is 44.1 Å². The van der Waals surface area contributed by atoms with Gasteiger partial charge in [0.05, 0.1) is 12.1 Å². The van der Waals surface area contributed by atoms with E-state index in [0.29, 0.717) is 15.9 Å². The third-order valence-electron chi connectivity index (χ3n) is 1.85. The van der Waals surface area contributed by atoms with Gasteiger partial charge in [-0.1, -0.05) is 0 Å². The maximum atomic E-state index is 11.5. The minimum atomic E-state index is -0.308. The third-order valence-corrected chi connectivity index (χ3v) is 2.65. The molecule has 1 aromatic heterocycles. The van der Waals surface area contributed by atoms with E-state index in [-0.39, 0.29) is 11.5 Å². The number of ether oxygens (including phenoxy) is 1. The Kier molecular flexibility index (Phi) is 3.75. The van der Waals surface area contributed by atoms with E-state index in [2.05, 4.69) is 5.10 Å². The molecule has 0 atom stereocenters. The molecule has 0 saturated carbocycles. The van der Waals surface area contributed by atoms with Crippen molar-refractivity contribution < 1.29 is 9.53 Å². The normalized spacial score (nSPS) is 11.5. The Bertz CT molecular complexity index is 366. The molecule has 15 heavy (non-hydrogen) atoms. The molecule has 0 aromatic carbocycles. The van der Waals surface area contributed by atoms with Crippen molar-refractivity contribution in [2.75, 3.05) is 6.61 Å². The molecule has 0 N–H and O–H groups in total. The molecule has 0 amide bonds. The van der Waals surface area contributed by atoms with Crippen LogP contribution in [0.2, 0.25) is 0 Å². The van der Waals surface area contributed by atoms with Gasteiger partial charge < -0.3 is 4.74 Å². The Morgan fingerprint density at radius 1 is 1.60 bits per heavy atom. The highest BCUT2D eigenvalue weighted by Gasteiger charge is 2.21. The van der Waals surface area contributed by atoms with Crippen LogP contribution in [0.15, 0.2) is 6.20 Å². The van der Waals surface area contributed by atoms with Crippen molar-refractivity contribution in [2.45, 2.75) is 33.2 Å². The number of nitrogens with zero attached hydrogens (tertiary/aromatic N) is 2. The molecule has 1 rings (SSSR count). The Hall–Kier alpha value is -0.590. The first-order valence-electron chi connectivity index (χ1n) is 4.79. The fourth-order valence-corrected chi connectivity index (χ4v) is 1.63. The Morgan fingerprint density at radius 3 is 2.60 bits per heavy atom. The fourth-order valence-electron chi connectivity index (χ4n) is 1.04. The minimum absolute atomic E-state index is 0.120. The number of rotatable bonds is 2. The van der Waals surface area contributed by atoms with Gasteiger partial charge in [0.2, 0.25) is 0 Å². The van der Waals surface area contributed by atoms with Crippen molar-refractivity contribution >= 4 is 28.6 Å². The number of hydrogen-bond acceptors (Lipinski definition) is 3. The monoisotopic (exact) mass is 322 g/mol. The van der Waals surface area contributed by atoms with Gasteiger partial charge in [0, 0.05) is 6.20 Å². The number of esters is 1. The number of aromatic nitrogens is 2. The van der Waals surface area contributed by atoms with Gasteiger partial charge in [0.15, 0.2) is 0 Å². The van der Waals surface area contributed by atoms with Gasteiger partial charge in [-0.25, -0.2) is 4.79 Å². The SMILES string of the molecule is CCOC(=O)c1cn(C(C)(C)C)nc1I. The van der Waals surface area contributed by atoms with Crippen molar-refractivity contribution in [1.29, 1.82) is 0 Å². The van der Waals surface area contributed by atoms with E-state index in [0.717, 1.165) is 0 Å². The lowest BCUT2D eigenvalue weighted by Crippen LogP contribution is -2.22. The zero-order valence-electron chi connectivity index (χ0n) is 9.37. The molecular formula is C10H15IN2O2. The largest absolute Gasteiger partial charge is 0.462 e. The van der Waals surface area contributed by atoms with Crippen LogP contribution >= 0.6 is 22.6 Å². The summed E-state index contributed by atoms with van der Waals surface area (Å²) in [5.41, 5.74) is 0.414. The molecule has 0 fully saturated rings. The van der Waals surface area contributed by atoms with E-state index >= 15 is 0 Å². The zero-order valence-corrected chi connectivity index (χ0v) is 11.5. The van der Waals surface area contributed by atoms with Crippen LogP contribution in [-0.4, -0.2) is 22.4 Å². The summed E-state index contributed by atoms with van der Waals surface area (Å²) in [5, 5.41) is 4.29. The standard InChI is InChI=1S/C10H15IN2O2/c1-5-15-9(14)7-6-13(10(2,3)4)12-8(7)11/h6H,5H2,1-4H3. The van der Waals surface area contributed by atoms with Crippen molar-refractivity contribution in [2.24, 2.45) is 0 Å². The Labute approximate surface area is 103 Å². The van der Waals surface area contributed by atoms with E-state index in [1.807, 2.05) is 43.4 Å². The van der Waals surface area contributed by atoms with Gasteiger partial charge in [-0.3, -0.25) is 4.68 Å². The van der Waals surface area contributed by atoms with Crippen molar-refractivity contribution in [3.63, 3.8) is 0 Å². The van der Waals surface area contributed by atoms with Crippen LogP contribution in [0.5, 0.6) is 0 Å². The molecular weight excluding hydrogens is 307 g/mol. The minimum Gasteiger partial charge on any atom is -0.462 e. The summed E-state index contributed by atoms with van der Waals surface area (Å²) < 4.78 is 7.40. The highest BCUT2D eigenvalue weighted by Crippen LogP contribution is 2.18. The summed E-state index contributed by atoms with van der Waals surface area (Å²) in [6.07, 6.45) is 1.74. The zero-order chi connectivity index (χ0) is 11.6. The molecule has 0 aliphatic rings. The number of carbonyl (C=O) groups excluding carboxylic acids is 1. The average Bonchev–Trinajstić information content (AvgIpc) is 2.47. The maximum Gasteiger partial charge on any atom is 0.342 e. The van der Waals surface area contributed by atoms with Crippen LogP contribution < -0.4 is 0 Å². The summed E-state index contributed by atoms with van der Waals surface area (Å²) in [4.78, 5) is 11.5. The predicted octanol–water partition coefficient (Wildman–Crippen LogP) is 2.42. The quantitative estimate of drug-likeness (QED) is 0.620. The Morgan fingerprint density at radius 2 is 2.20 bits per heavy atom. The predicted molar refractivity (Wildman–Crippen MR) is 65.9 cm³/mol. The summed E-state index contributed by atoms with van der Waals surface area (Å²) in [6, 6.07) is 0. The first-order chi connectivity index (χ1) is 6.86. The van der Waals surface area contributed by atoms with E-state index in [9.17, 15) is 4.79 Å². The second-order valence-electron chi connectivity index (χ2n) is 4.17. The van der Waals surface area contributed by atoms with Crippen LogP contribution in [-0.2, 0) is 10.3 Å². The van der Waals surface area contributed by atoms with Crippen LogP contribution in [0.3, 0.4) is 0 Å². The van der Waals surface area contributed by atoms with Gasteiger partial charge in [-0.15, -0.1) is 0 Å². The van der Waals surface area contributed by atoms with Gasteiger partial charge >= 0.3 is 5.97 Å². The van der Waals surface area contributed by atoms with Gasteiger partial charge in [0.1, 0.15) is 9.26 Å². The van der Waals surface area contributed by atoms with Crippen LogP contribution in [0.25, 0.3) is 0 Å². The van der Waals surface area contributed by atoms with Crippen molar-refractivity contribution in [3.8, 4) is 0 Å². The van der Waals surface area contributed by atoms with Crippen LogP contribution in [0.1, 0.15) is 38.1 Å². The lowest BCUT2D eigenvalue weighted by Gasteiger charge is -2.18. The molecule has 1 aromatic rings. The third kappa shape index (κ3) is 2.93. The highest BCUT2D eigenvalue weighted by atomic mass is 127. The smallest absolute Gasteiger partial charge is 0.342 e. The number of carbonyl (C=O) groups is 1. The number of hydrogen-bond donors (Lipinski definition) is 0. The molecule has 0 spiro atoms. The molecule has 5 heteroatoms. The molecule has 0 unspecified atom stereocenters. The molecule has 4 nitrogen and oxygen atoms in total. The van der Waals surface area contributed by atoms with E-state index in [1.54, 1.807) is 17.8 Å². The molecule has 84 valence electrons. The fraction of sp³-hybridized carbons (Fsp3) is 0.600. The van der Waals surface area contributed by atoms with E-state index in [1.165, 1.54) is 0 Å². The number of halogens is 1. The van der Waals surface area contributed by atoms with Crippen molar-refractivity contribution in [1.82, 2.24) is 9.78 Å². The second-order valence-corrected chi connectivity index (χ2v) is 5.19. The lowest BCUT2D eigenvalue weighted by atomic mass is 10.1. The maximum absolute atomic E-state index is 11.5. The molecule has 1 heterocycles. The first kappa shape index (κ1) is 12.5. The molecule has 0 aliphatic carbocycles.